The van der Waals surface area contributed by atoms with Crippen molar-refractivity contribution in [3.63, 3.8) is 0 Å². The molecule has 0 fully saturated rings. The molecule has 0 saturated carbocycles. The average molecular weight is 1010 g/mol. The largest absolute Gasteiger partial charge is 0.309 e. The minimum Gasteiger partial charge on any atom is -0.309 e. The van der Waals surface area contributed by atoms with E-state index < -0.39 is 6.37 Å². The molecule has 0 aromatic heterocycles. The van der Waals surface area contributed by atoms with Crippen LogP contribution >= 0.6 is 22.4 Å². The summed E-state index contributed by atoms with van der Waals surface area (Å²) in [6, 6.07) is 42.8. The summed E-state index contributed by atoms with van der Waals surface area (Å²) < 4.78 is 0. The highest BCUT2D eigenvalue weighted by atomic mass is 32.6. The van der Waals surface area contributed by atoms with Gasteiger partial charge in [-0.05, 0) is 258 Å². The number of benzene rings is 8. The molecule has 0 bridgehead atoms. The molecular weight excluding hydrogens is 937 g/mol. The lowest BCUT2D eigenvalue weighted by Crippen LogP contribution is -2.54. The smallest absolute Gasteiger partial charge is 0.240 e. The van der Waals surface area contributed by atoms with Gasteiger partial charge in [-0.15, -0.1) is 0 Å². The first kappa shape index (κ1) is 51.9. The normalized spacial score (nSPS) is 12.7. The van der Waals surface area contributed by atoms with Crippen molar-refractivity contribution >= 4 is 85.4 Å². The van der Waals surface area contributed by atoms with Crippen LogP contribution in [0.3, 0.4) is 0 Å². The lowest BCUT2D eigenvalue weighted by Gasteiger charge is -2.34. The van der Waals surface area contributed by atoms with Crippen molar-refractivity contribution in [3.05, 3.63) is 209 Å². The number of nitrogens with zero attached hydrogens (tertiary/aromatic N) is 2. The fourth-order valence-electron chi connectivity index (χ4n) is 12.8. The maximum Gasteiger partial charge on any atom is 0.240 e. The summed E-state index contributed by atoms with van der Waals surface area (Å²) in [5.74, 6) is 0. The van der Waals surface area contributed by atoms with Crippen LogP contribution in [-0.2, 0) is 0 Å². The summed E-state index contributed by atoms with van der Waals surface area (Å²) >= 11 is 4.16. The van der Waals surface area contributed by atoms with Gasteiger partial charge in [0.2, 0.25) is 6.37 Å². The first-order valence-electron chi connectivity index (χ1n) is 25.9. The quantitative estimate of drug-likeness (QED) is 0.126. The van der Waals surface area contributed by atoms with Crippen molar-refractivity contribution in [2.45, 2.75) is 111 Å². The van der Waals surface area contributed by atoms with Crippen molar-refractivity contribution < 1.29 is 0 Å². The van der Waals surface area contributed by atoms with Crippen LogP contribution in [0.4, 0.5) is 34.1 Å². The van der Waals surface area contributed by atoms with Crippen LogP contribution in [0, 0.1) is 111 Å². The number of hydrogen-bond donors (Lipinski definition) is 0. The van der Waals surface area contributed by atoms with E-state index in [0.717, 1.165) is 0 Å². The molecule has 1 heterocycles. The van der Waals surface area contributed by atoms with Gasteiger partial charge >= 0.3 is 0 Å². The second-order valence-corrected chi connectivity index (χ2v) is 31.5. The molecule has 8 aromatic carbocycles. The number of fused-ring (bicyclic) bond motifs is 2. The lowest BCUT2D eigenvalue weighted by molar-refractivity contribution is 1.15. The fraction of sp³-hybridized carbons (Fsp3) is 0.265. The fourth-order valence-corrected chi connectivity index (χ4v) is 22.7. The maximum atomic E-state index is 2.56. The van der Waals surface area contributed by atoms with Crippen LogP contribution in [-0.4, -0.2) is 18.9 Å². The van der Waals surface area contributed by atoms with Crippen LogP contribution in [0.25, 0.3) is 34.4 Å². The van der Waals surface area contributed by atoms with Crippen LogP contribution in [0.2, 0.25) is 0 Å². The Bertz CT molecular complexity index is 3130. The molecule has 0 saturated heterocycles. The van der Waals surface area contributed by atoms with Crippen molar-refractivity contribution in [2.75, 3.05) is 22.3 Å². The standard InChI is InChI=1S/C68H74N2S2Si/c1-39-27-47(9)65(48(10)28-39)69(66-49(11)29-40(2)30-50(66)12)61-37-43(5)59(35-45(61)7)55-21-19-23-63-57(55)25-26-58-56(22-20-24-64(58)73(63,71-17)72-18)60-36-46(8)62(38-44(60)6)70(67-51(13)31-41(3)32-52(67)14)68-53(15)33-42(4)34-54(68)16/h19-38H,1-18H3. The van der Waals surface area contributed by atoms with E-state index in [1.54, 1.807) is 0 Å². The second-order valence-electron chi connectivity index (χ2n) is 21.5. The predicted octanol–water partition coefficient (Wildman–Crippen LogP) is 18.7. The minimum absolute atomic E-state index is 1.23. The lowest BCUT2D eigenvalue weighted by atomic mass is 9.90. The molecule has 0 unspecified atom stereocenters. The predicted molar refractivity (Wildman–Crippen MR) is 330 cm³/mol. The zero-order chi connectivity index (χ0) is 52.5. The van der Waals surface area contributed by atoms with E-state index in [4.69, 9.17) is 0 Å². The van der Waals surface area contributed by atoms with Gasteiger partial charge in [-0.25, -0.2) is 0 Å². The second kappa shape index (κ2) is 20.0. The van der Waals surface area contributed by atoms with Crippen LogP contribution in [0.5, 0.6) is 0 Å². The molecule has 0 amide bonds. The molecule has 0 radical (unpaired) electrons. The van der Waals surface area contributed by atoms with Gasteiger partial charge in [0.15, 0.2) is 0 Å². The van der Waals surface area contributed by atoms with E-state index in [-0.39, 0.29) is 0 Å². The third kappa shape index (κ3) is 9.04. The van der Waals surface area contributed by atoms with E-state index in [0.29, 0.717) is 0 Å². The Hall–Kier alpha value is -5.98. The molecule has 0 spiro atoms. The molecule has 0 aliphatic carbocycles. The Balaban J connectivity index is 1.21. The van der Waals surface area contributed by atoms with Gasteiger partial charge in [-0.2, -0.15) is 22.4 Å². The Labute approximate surface area is 447 Å². The van der Waals surface area contributed by atoms with Gasteiger partial charge < -0.3 is 9.80 Å². The Morgan fingerprint density at radius 1 is 0.301 bits per heavy atom. The number of hydrogen-bond acceptors (Lipinski definition) is 4. The Kier molecular flexibility index (Phi) is 14.2. The first-order valence-corrected chi connectivity index (χ1v) is 31.8. The van der Waals surface area contributed by atoms with Crippen LogP contribution < -0.4 is 20.2 Å². The number of rotatable bonds is 10. The molecule has 5 heteroatoms. The Morgan fingerprint density at radius 2 is 0.575 bits per heavy atom. The highest BCUT2D eigenvalue weighted by Crippen LogP contribution is 2.49. The molecule has 73 heavy (non-hydrogen) atoms. The third-order valence-electron chi connectivity index (χ3n) is 15.5. The average Bonchev–Trinajstić information content (AvgIpc) is 3.45. The van der Waals surface area contributed by atoms with Gasteiger partial charge in [0.05, 0.1) is 22.7 Å². The summed E-state index contributed by atoms with van der Waals surface area (Å²) in [6.45, 7) is 36.3. The molecule has 2 nitrogen and oxygen atoms in total. The summed E-state index contributed by atoms with van der Waals surface area (Å²) in [5.41, 5.74) is 35.9. The Morgan fingerprint density at radius 3 is 0.836 bits per heavy atom. The van der Waals surface area contributed by atoms with Crippen molar-refractivity contribution in [2.24, 2.45) is 0 Å². The molecule has 372 valence electrons. The monoisotopic (exact) mass is 1010 g/mol. The van der Waals surface area contributed by atoms with E-state index in [1.807, 2.05) is 0 Å². The topological polar surface area (TPSA) is 6.48 Å². The maximum absolute atomic E-state index is 2.56. The highest BCUT2D eigenvalue weighted by Gasteiger charge is 2.42. The van der Waals surface area contributed by atoms with Gasteiger partial charge in [0.1, 0.15) is 0 Å². The number of aryl methyl sites for hydroxylation is 16. The van der Waals surface area contributed by atoms with Crippen molar-refractivity contribution in [1.82, 2.24) is 0 Å². The van der Waals surface area contributed by atoms with Gasteiger partial charge in [-0.1, -0.05) is 119 Å². The minimum atomic E-state index is -2.46. The number of anilines is 6. The van der Waals surface area contributed by atoms with Crippen molar-refractivity contribution in [1.29, 1.82) is 0 Å². The summed E-state index contributed by atoms with van der Waals surface area (Å²) in [6.07, 6.45) is 7.17. The molecular formula is C68H74N2S2Si. The van der Waals surface area contributed by atoms with E-state index in [2.05, 4.69) is 277 Å². The van der Waals surface area contributed by atoms with E-state index in [9.17, 15) is 0 Å². The van der Waals surface area contributed by atoms with Crippen LogP contribution in [0.1, 0.15) is 100 Å². The third-order valence-corrected chi connectivity index (χ3v) is 28.0. The zero-order valence-corrected chi connectivity index (χ0v) is 49.4. The van der Waals surface area contributed by atoms with Crippen molar-refractivity contribution in [3.8, 4) is 22.3 Å². The summed E-state index contributed by atoms with van der Waals surface area (Å²) in [4.78, 5) is 5.12. The SMILES string of the molecule is CS[Si]1(SC)c2cccc(-c3cc(C)c(N(c4c(C)cc(C)cc4C)c4c(C)cc(C)cc4C)cc3C)c2C=Cc2c(-c3cc(C)c(N(c4c(C)cc(C)cc4C)c4c(C)cc(C)cc4C)cc3C)cccc21. The van der Waals surface area contributed by atoms with Gasteiger partial charge in [0.25, 0.3) is 0 Å². The summed E-state index contributed by atoms with van der Waals surface area (Å²) in [5, 5.41) is 2.95. The highest BCUT2D eigenvalue weighted by molar-refractivity contribution is 8.60. The first-order chi connectivity index (χ1) is 34.7. The van der Waals surface area contributed by atoms with Crippen LogP contribution in [0.15, 0.2) is 109 Å². The molecule has 1 aliphatic heterocycles. The summed E-state index contributed by atoms with van der Waals surface area (Å²) in [7, 11) is 0. The molecule has 0 atom stereocenters. The molecule has 8 aromatic rings. The zero-order valence-electron chi connectivity index (χ0n) is 46.8. The molecule has 9 rings (SSSR count). The van der Waals surface area contributed by atoms with E-state index >= 15 is 0 Å². The molecule has 1 aliphatic rings. The van der Waals surface area contributed by atoms with Gasteiger partial charge in [0, 0.05) is 11.4 Å². The van der Waals surface area contributed by atoms with E-state index in [1.165, 1.54) is 167 Å². The van der Waals surface area contributed by atoms with Gasteiger partial charge in [-0.3, -0.25) is 0 Å². The molecule has 0 N–H and O–H groups in total.